The molecule has 0 saturated carbocycles. The molecule has 0 aromatic carbocycles. The Labute approximate surface area is 97.9 Å². The van der Waals surface area contributed by atoms with Gasteiger partial charge in [-0.2, -0.15) is 10.2 Å². The van der Waals surface area contributed by atoms with Gasteiger partial charge >= 0.3 is 0 Å². The molecule has 2 heterocycles. The maximum absolute atomic E-state index is 8.74. The first-order valence-corrected chi connectivity index (χ1v) is 4.97. The van der Waals surface area contributed by atoms with Gasteiger partial charge in [0.15, 0.2) is 0 Å². The van der Waals surface area contributed by atoms with Gasteiger partial charge in [-0.3, -0.25) is 0 Å². The lowest BCUT2D eigenvalue weighted by molar-refractivity contribution is 0.109. The van der Waals surface area contributed by atoms with E-state index in [1.165, 1.54) is 6.20 Å². The van der Waals surface area contributed by atoms with Crippen molar-refractivity contribution in [3.05, 3.63) is 29.8 Å². The quantitative estimate of drug-likeness (QED) is 0.797. The highest BCUT2D eigenvalue weighted by Gasteiger charge is 2.14. The first-order valence-electron chi connectivity index (χ1n) is 4.97. The lowest BCUT2D eigenvalue weighted by Gasteiger charge is -2.00. The monoisotopic (exact) mass is 230 g/mol. The van der Waals surface area contributed by atoms with Gasteiger partial charge in [0.05, 0.1) is 0 Å². The maximum Gasteiger partial charge on any atom is 0.258 e. The Kier molecular flexibility index (Phi) is 3.12. The summed E-state index contributed by atoms with van der Waals surface area (Å²) in [7, 11) is 1.57. The molecule has 2 aromatic heterocycles. The van der Waals surface area contributed by atoms with Gasteiger partial charge in [-0.1, -0.05) is 5.16 Å². The van der Waals surface area contributed by atoms with Crippen LogP contribution < -0.4 is 0 Å². The van der Waals surface area contributed by atoms with E-state index in [1.807, 2.05) is 13.0 Å². The maximum atomic E-state index is 8.74. The zero-order valence-electron chi connectivity index (χ0n) is 9.41. The van der Waals surface area contributed by atoms with Gasteiger partial charge in [0, 0.05) is 18.9 Å². The van der Waals surface area contributed by atoms with E-state index in [0.717, 1.165) is 0 Å². The molecular weight excluding hydrogens is 220 g/mol. The summed E-state index contributed by atoms with van der Waals surface area (Å²) in [6.07, 6.45) is 1.29. The van der Waals surface area contributed by atoms with Crippen molar-refractivity contribution >= 4 is 0 Å². The summed E-state index contributed by atoms with van der Waals surface area (Å²) in [4.78, 5) is 8.05. The number of rotatable bonds is 3. The molecule has 0 fully saturated rings. The van der Waals surface area contributed by atoms with Crippen molar-refractivity contribution in [3.8, 4) is 17.5 Å². The molecule has 0 aliphatic heterocycles. The van der Waals surface area contributed by atoms with Gasteiger partial charge in [0.25, 0.3) is 5.89 Å². The fraction of sp³-hybridized carbons (Fsp3) is 0.273. The lowest BCUT2D eigenvalue weighted by atomic mass is 10.2. The van der Waals surface area contributed by atoms with Crippen molar-refractivity contribution in [2.24, 2.45) is 0 Å². The minimum absolute atomic E-state index is 0.232. The van der Waals surface area contributed by atoms with E-state index in [2.05, 4.69) is 15.1 Å². The summed E-state index contributed by atoms with van der Waals surface area (Å²) in [5, 5.41) is 12.5. The molecule has 1 unspecified atom stereocenters. The van der Waals surface area contributed by atoms with Gasteiger partial charge < -0.3 is 9.26 Å². The van der Waals surface area contributed by atoms with Crippen molar-refractivity contribution < 1.29 is 9.26 Å². The van der Waals surface area contributed by atoms with Crippen molar-refractivity contribution in [1.82, 2.24) is 15.1 Å². The SMILES string of the molecule is COC(C)c1noc(-c2ccnc(C#N)c2)n1. The molecule has 0 amide bonds. The van der Waals surface area contributed by atoms with E-state index in [0.29, 0.717) is 23.0 Å². The number of pyridine rings is 1. The first-order chi connectivity index (χ1) is 8.24. The fourth-order valence-electron chi connectivity index (χ4n) is 1.25. The molecule has 0 N–H and O–H groups in total. The average Bonchev–Trinajstić information content (AvgIpc) is 2.87. The summed E-state index contributed by atoms with van der Waals surface area (Å²) in [6.45, 7) is 1.82. The Morgan fingerprint density at radius 2 is 2.35 bits per heavy atom. The zero-order chi connectivity index (χ0) is 12.3. The van der Waals surface area contributed by atoms with Crippen LogP contribution in [0.5, 0.6) is 0 Å². The van der Waals surface area contributed by atoms with Crippen LogP contribution in [0.1, 0.15) is 24.5 Å². The number of hydrogen-bond donors (Lipinski definition) is 0. The molecule has 6 heteroatoms. The van der Waals surface area contributed by atoms with E-state index in [4.69, 9.17) is 14.5 Å². The highest BCUT2D eigenvalue weighted by Crippen LogP contribution is 2.20. The highest BCUT2D eigenvalue weighted by molar-refractivity contribution is 5.53. The number of ether oxygens (including phenoxy) is 1. The fourth-order valence-corrected chi connectivity index (χ4v) is 1.25. The van der Waals surface area contributed by atoms with Crippen LogP contribution in [0.15, 0.2) is 22.9 Å². The van der Waals surface area contributed by atoms with E-state index in [1.54, 1.807) is 19.2 Å². The van der Waals surface area contributed by atoms with E-state index in [-0.39, 0.29) is 6.10 Å². The zero-order valence-corrected chi connectivity index (χ0v) is 9.41. The molecule has 2 rings (SSSR count). The van der Waals surface area contributed by atoms with Crippen LogP contribution in [0.25, 0.3) is 11.5 Å². The van der Waals surface area contributed by atoms with Crippen LogP contribution in [0.4, 0.5) is 0 Å². The van der Waals surface area contributed by atoms with Gasteiger partial charge in [0.1, 0.15) is 17.9 Å². The standard InChI is InChI=1S/C11H10N4O2/c1-7(16-2)10-14-11(17-15-10)8-3-4-13-9(5-8)6-12/h3-5,7H,1-2H3. The van der Waals surface area contributed by atoms with Crippen molar-refractivity contribution in [1.29, 1.82) is 5.26 Å². The second-order valence-corrected chi connectivity index (χ2v) is 3.38. The van der Waals surface area contributed by atoms with E-state index < -0.39 is 0 Å². The van der Waals surface area contributed by atoms with Gasteiger partial charge in [0.2, 0.25) is 5.82 Å². The molecule has 0 radical (unpaired) electrons. The highest BCUT2D eigenvalue weighted by atomic mass is 16.5. The third-order valence-electron chi connectivity index (χ3n) is 2.28. The van der Waals surface area contributed by atoms with Crippen LogP contribution >= 0.6 is 0 Å². The summed E-state index contributed by atoms with van der Waals surface area (Å²) >= 11 is 0. The predicted octanol–water partition coefficient (Wildman–Crippen LogP) is 1.71. The van der Waals surface area contributed by atoms with Crippen LogP contribution in [0.3, 0.4) is 0 Å². The topological polar surface area (TPSA) is 84.8 Å². The number of hydrogen-bond acceptors (Lipinski definition) is 6. The number of methoxy groups -OCH3 is 1. The molecule has 2 aromatic rings. The Morgan fingerprint density at radius 3 is 3.06 bits per heavy atom. The minimum atomic E-state index is -0.232. The summed E-state index contributed by atoms with van der Waals surface area (Å²) in [6, 6.07) is 5.25. The Bertz CT molecular complexity index is 559. The molecule has 0 aliphatic rings. The third kappa shape index (κ3) is 2.29. The van der Waals surface area contributed by atoms with Crippen LogP contribution in [0, 0.1) is 11.3 Å². The van der Waals surface area contributed by atoms with Crippen molar-refractivity contribution in [2.45, 2.75) is 13.0 Å². The van der Waals surface area contributed by atoms with E-state index >= 15 is 0 Å². The molecule has 86 valence electrons. The number of nitrogens with zero attached hydrogens (tertiary/aromatic N) is 4. The normalized spacial score (nSPS) is 12.1. The molecule has 1 atom stereocenters. The van der Waals surface area contributed by atoms with Gasteiger partial charge in [-0.15, -0.1) is 0 Å². The summed E-state index contributed by atoms with van der Waals surface area (Å²) in [5.74, 6) is 0.820. The molecule has 0 spiro atoms. The second kappa shape index (κ2) is 4.72. The van der Waals surface area contributed by atoms with E-state index in [9.17, 15) is 0 Å². The molecule has 17 heavy (non-hydrogen) atoms. The number of aromatic nitrogens is 3. The Hall–Kier alpha value is -2.26. The molecule has 0 aliphatic carbocycles. The molecular formula is C11H10N4O2. The van der Waals surface area contributed by atoms with Gasteiger partial charge in [-0.25, -0.2) is 4.98 Å². The minimum Gasteiger partial charge on any atom is -0.374 e. The van der Waals surface area contributed by atoms with Crippen molar-refractivity contribution in [2.75, 3.05) is 7.11 Å². The third-order valence-corrected chi connectivity index (χ3v) is 2.28. The molecule has 0 bridgehead atoms. The Morgan fingerprint density at radius 1 is 1.53 bits per heavy atom. The van der Waals surface area contributed by atoms with Crippen LogP contribution in [0.2, 0.25) is 0 Å². The van der Waals surface area contributed by atoms with Crippen LogP contribution in [-0.4, -0.2) is 22.2 Å². The van der Waals surface area contributed by atoms with Crippen LogP contribution in [-0.2, 0) is 4.74 Å². The van der Waals surface area contributed by atoms with Gasteiger partial charge in [-0.05, 0) is 19.1 Å². The predicted molar refractivity (Wildman–Crippen MR) is 57.7 cm³/mol. The number of nitriles is 1. The summed E-state index contributed by atoms with van der Waals surface area (Å²) < 4.78 is 10.2. The molecule has 6 nitrogen and oxygen atoms in total. The largest absolute Gasteiger partial charge is 0.374 e. The smallest absolute Gasteiger partial charge is 0.258 e. The second-order valence-electron chi connectivity index (χ2n) is 3.38. The lowest BCUT2D eigenvalue weighted by Crippen LogP contribution is -1.97. The summed E-state index contributed by atoms with van der Waals surface area (Å²) in [5.41, 5.74) is 0.973. The van der Waals surface area contributed by atoms with Crippen molar-refractivity contribution in [3.63, 3.8) is 0 Å². The molecule has 0 saturated heterocycles. The average molecular weight is 230 g/mol. The Balaban J connectivity index is 2.34. The first kappa shape index (κ1) is 11.2.